The normalized spacial score (nSPS) is 10.2. The number of nitrogens with one attached hydrogen (secondary N) is 2. The van der Waals surface area contributed by atoms with Gasteiger partial charge in [-0.1, -0.05) is 29.3 Å². The molecule has 0 spiro atoms. The first-order chi connectivity index (χ1) is 10.9. The van der Waals surface area contributed by atoms with Crippen molar-refractivity contribution in [1.29, 1.82) is 0 Å². The summed E-state index contributed by atoms with van der Waals surface area (Å²) >= 11 is 7.14. The number of hydrogen-bond acceptors (Lipinski definition) is 3. The lowest BCUT2D eigenvalue weighted by molar-refractivity contribution is -0.117. The van der Waals surface area contributed by atoms with E-state index in [-0.39, 0.29) is 11.7 Å². The third kappa shape index (κ3) is 5.62. The predicted octanol–water partition coefficient (Wildman–Crippen LogP) is 4.40. The van der Waals surface area contributed by atoms with Gasteiger partial charge >= 0.3 is 6.03 Å². The Morgan fingerprint density at radius 1 is 1.09 bits per heavy atom. The Bertz CT molecular complexity index is 717. The lowest BCUT2D eigenvalue weighted by atomic mass is 10.1. The minimum atomic E-state index is -0.529. The number of carbonyl (C=O) groups is 2. The van der Waals surface area contributed by atoms with Crippen LogP contribution in [0.1, 0.15) is 11.1 Å². The van der Waals surface area contributed by atoms with Crippen molar-refractivity contribution in [2.75, 3.05) is 11.1 Å². The maximum absolute atomic E-state index is 11.8. The van der Waals surface area contributed by atoms with Crippen molar-refractivity contribution >= 4 is 41.0 Å². The molecule has 0 radical (unpaired) electrons. The quantitative estimate of drug-likeness (QED) is 0.805. The van der Waals surface area contributed by atoms with Gasteiger partial charge in [0.15, 0.2) is 0 Å². The van der Waals surface area contributed by atoms with Gasteiger partial charge < -0.3 is 5.32 Å². The van der Waals surface area contributed by atoms with Crippen molar-refractivity contribution in [1.82, 2.24) is 5.32 Å². The van der Waals surface area contributed by atoms with E-state index in [4.69, 9.17) is 11.6 Å². The summed E-state index contributed by atoms with van der Waals surface area (Å²) in [7, 11) is 0. The van der Waals surface area contributed by atoms with Gasteiger partial charge in [-0.2, -0.15) is 0 Å². The first-order valence-electron chi connectivity index (χ1n) is 7.00. The first kappa shape index (κ1) is 17.4. The third-order valence-corrected chi connectivity index (χ3v) is 4.33. The van der Waals surface area contributed by atoms with E-state index in [0.717, 1.165) is 16.0 Å². The summed E-state index contributed by atoms with van der Waals surface area (Å²) in [6.45, 7) is 3.88. The maximum Gasteiger partial charge on any atom is 0.325 e. The smallest absolute Gasteiger partial charge is 0.307 e. The molecule has 0 fully saturated rings. The van der Waals surface area contributed by atoms with Gasteiger partial charge in [0.05, 0.1) is 5.75 Å². The summed E-state index contributed by atoms with van der Waals surface area (Å²) in [6.07, 6.45) is 0. The van der Waals surface area contributed by atoms with Crippen LogP contribution >= 0.6 is 23.4 Å². The van der Waals surface area contributed by atoms with Gasteiger partial charge in [0.25, 0.3) is 0 Å². The highest BCUT2D eigenvalue weighted by molar-refractivity contribution is 8.00. The Labute approximate surface area is 144 Å². The Kier molecular flexibility index (Phi) is 6.07. The second-order valence-corrected chi connectivity index (χ2v) is 6.55. The minimum Gasteiger partial charge on any atom is -0.307 e. The van der Waals surface area contributed by atoms with Gasteiger partial charge in [0.1, 0.15) is 0 Å². The molecular weight excluding hydrogens is 332 g/mol. The monoisotopic (exact) mass is 348 g/mol. The molecule has 2 N–H and O–H groups in total. The van der Waals surface area contributed by atoms with E-state index in [9.17, 15) is 9.59 Å². The third-order valence-electron chi connectivity index (χ3n) is 3.07. The molecule has 0 aliphatic heterocycles. The van der Waals surface area contributed by atoms with E-state index in [1.54, 1.807) is 12.1 Å². The van der Waals surface area contributed by atoms with Crippen LogP contribution in [0.15, 0.2) is 47.4 Å². The highest BCUT2D eigenvalue weighted by atomic mass is 35.5. The Hall–Kier alpha value is -1.98. The van der Waals surface area contributed by atoms with Crippen LogP contribution in [0.2, 0.25) is 5.02 Å². The fourth-order valence-corrected chi connectivity index (χ4v) is 2.77. The van der Waals surface area contributed by atoms with Gasteiger partial charge in [-0.05, 0) is 49.7 Å². The standard InChI is InChI=1S/C17H17ClN2O2S/c1-11-3-8-15(12(2)9-11)19-17(22)20-16(21)10-23-14-6-4-13(18)5-7-14/h3-9H,10H2,1-2H3,(H2,19,20,21,22). The van der Waals surface area contributed by atoms with Crippen LogP contribution in [0.4, 0.5) is 10.5 Å². The molecule has 0 saturated carbocycles. The van der Waals surface area contributed by atoms with Gasteiger partial charge in [-0.15, -0.1) is 11.8 Å². The molecule has 0 aliphatic carbocycles. The molecule has 0 atom stereocenters. The Balaban J connectivity index is 1.82. The molecule has 2 rings (SSSR count). The molecule has 0 bridgehead atoms. The molecule has 6 heteroatoms. The maximum atomic E-state index is 11.8. The summed E-state index contributed by atoms with van der Waals surface area (Å²) in [5.41, 5.74) is 2.75. The second kappa shape index (κ2) is 8.04. The average molecular weight is 349 g/mol. The summed E-state index contributed by atoms with van der Waals surface area (Å²) in [5.74, 6) is -0.200. The SMILES string of the molecule is Cc1ccc(NC(=O)NC(=O)CSc2ccc(Cl)cc2)c(C)c1. The van der Waals surface area contributed by atoms with Crippen LogP contribution in [0.25, 0.3) is 0 Å². The molecule has 120 valence electrons. The van der Waals surface area contributed by atoms with Crippen molar-refractivity contribution in [3.63, 3.8) is 0 Å². The molecular formula is C17H17ClN2O2S. The van der Waals surface area contributed by atoms with Crippen LogP contribution in [-0.2, 0) is 4.79 Å². The van der Waals surface area contributed by atoms with E-state index in [0.29, 0.717) is 10.7 Å². The van der Waals surface area contributed by atoms with Crippen molar-refractivity contribution in [2.24, 2.45) is 0 Å². The second-order valence-electron chi connectivity index (χ2n) is 5.06. The lowest BCUT2D eigenvalue weighted by Gasteiger charge is -2.09. The Morgan fingerprint density at radius 3 is 2.43 bits per heavy atom. The molecule has 0 heterocycles. The fourth-order valence-electron chi connectivity index (χ4n) is 1.95. The van der Waals surface area contributed by atoms with Gasteiger partial charge in [0.2, 0.25) is 5.91 Å². The number of benzene rings is 2. The Morgan fingerprint density at radius 2 is 1.78 bits per heavy atom. The molecule has 4 nitrogen and oxygen atoms in total. The predicted molar refractivity (Wildman–Crippen MR) is 95.3 cm³/mol. The summed E-state index contributed by atoms with van der Waals surface area (Å²) < 4.78 is 0. The molecule has 0 aliphatic rings. The molecule has 3 amide bonds. The fraction of sp³-hybridized carbons (Fsp3) is 0.176. The number of aryl methyl sites for hydroxylation is 2. The molecule has 23 heavy (non-hydrogen) atoms. The van der Waals surface area contributed by atoms with Crippen LogP contribution < -0.4 is 10.6 Å². The van der Waals surface area contributed by atoms with Gasteiger partial charge in [-0.25, -0.2) is 4.79 Å². The number of thioether (sulfide) groups is 1. The largest absolute Gasteiger partial charge is 0.325 e. The van der Waals surface area contributed by atoms with E-state index < -0.39 is 6.03 Å². The van der Waals surface area contributed by atoms with E-state index in [2.05, 4.69) is 10.6 Å². The van der Waals surface area contributed by atoms with Crippen molar-refractivity contribution in [3.8, 4) is 0 Å². The molecule has 0 unspecified atom stereocenters. The topological polar surface area (TPSA) is 58.2 Å². The van der Waals surface area contributed by atoms with Gasteiger partial charge in [0, 0.05) is 15.6 Å². The number of carbonyl (C=O) groups excluding carboxylic acids is 2. The van der Waals surface area contributed by atoms with E-state index in [1.807, 2.05) is 44.2 Å². The number of anilines is 1. The van der Waals surface area contributed by atoms with Crippen LogP contribution in [-0.4, -0.2) is 17.7 Å². The first-order valence-corrected chi connectivity index (χ1v) is 8.37. The minimum absolute atomic E-state index is 0.155. The van der Waals surface area contributed by atoms with Crippen LogP contribution in [0, 0.1) is 13.8 Å². The van der Waals surface area contributed by atoms with E-state index in [1.165, 1.54) is 11.8 Å². The zero-order valence-corrected chi connectivity index (χ0v) is 14.4. The highest BCUT2D eigenvalue weighted by Gasteiger charge is 2.09. The number of amides is 3. The number of hydrogen-bond donors (Lipinski definition) is 2. The number of imide groups is 1. The molecule has 0 saturated heterocycles. The van der Waals surface area contributed by atoms with Crippen molar-refractivity contribution in [3.05, 3.63) is 58.6 Å². The van der Waals surface area contributed by atoms with Crippen LogP contribution in [0.3, 0.4) is 0 Å². The lowest BCUT2D eigenvalue weighted by Crippen LogP contribution is -2.35. The zero-order chi connectivity index (χ0) is 16.8. The van der Waals surface area contributed by atoms with E-state index >= 15 is 0 Å². The number of halogens is 1. The number of urea groups is 1. The highest BCUT2D eigenvalue weighted by Crippen LogP contribution is 2.20. The zero-order valence-electron chi connectivity index (χ0n) is 12.9. The van der Waals surface area contributed by atoms with Crippen molar-refractivity contribution < 1.29 is 9.59 Å². The average Bonchev–Trinajstić information content (AvgIpc) is 2.49. The van der Waals surface area contributed by atoms with Gasteiger partial charge in [-0.3, -0.25) is 10.1 Å². The van der Waals surface area contributed by atoms with Crippen molar-refractivity contribution in [2.45, 2.75) is 18.7 Å². The summed E-state index contributed by atoms with van der Waals surface area (Å²) in [6, 6.07) is 12.3. The molecule has 2 aromatic rings. The summed E-state index contributed by atoms with van der Waals surface area (Å²) in [5, 5.41) is 5.64. The summed E-state index contributed by atoms with van der Waals surface area (Å²) in [4.78, 5) is 24.6. The van der Waals surface area contributed by atoms with Crippen LogP contribution in [0.5, 0.6) is 0 Å². The molecule has 2 aromatic carbocycles. The molecule has 0 aromatic heterocycles. The number of rotatable bonds is 4.